The molecule has 0 spiro atoms. The lowest BCUT2D eigenvalue weighted by Gasteiger charge is -2.28. The third kappa shape index (κ3) is 3.80. The first-order valence-corrected chi connectivity index (χ1v) is 7.08. The Kier molecular flexibility index (Phi) is 4.97. The van der Waals surface area contributed by atoms with Gasteiger partial charge in [0.15, 0.2) is 5.78 Å². The number of nitrogens with one attached hydrogen (secondary N) is 1. The van der Waals surface area contributed by atoms with Crippen molar-refractivity contribution in [1.29, 1.82) is 0 Å². The third-order valence-electron chi connectivity index (χ3n) is 4.04. The molecule has 3 heteroatoms. The van der Waals surface area contributed by atoms with Crippen LogP contribution in [0.1, 0.15) is 36.5 Å². The first-order valence-electron chi connectivity index (χ1n) is 7.08. The third-order valence-corrected chi connectivity index (χ3v) is 4.04. The summed E-state index contributed by atoms with van der Waals surface area (Å²) in [4.78, 5) is 12.3. The van der Waals surface area contributed by atoms with Crippen LogP contribution in [0.2, 0.25) is 0 Å². The monoisotopic (exact) mass is 261 g/mol. The van der Waals surface area contributed by atoms with Gasteiger partial charge in [-0.3, -0.25) is 4.79 Å². The van der Waals surface area contributed by atoms with Crippen LogP contribution < -0.4 is 10.1 Å². The Hall–Kier alpha value is -1.35. The SMILES string of the molecule is COc1cccc(C(=O)CC(C)C2CCCNC2)c1. The summed E-state index contributed by atoms with van der Waals surface area (Å²) in [5.74, 6) is 2.03. The van der Waals surface area contributed by atoms with Crippen molar-refractivity contribution in [2.45, 2.75) is 26.2 Å². The van der Waals surface area contributed by atoms with E-state index in [0.29, 0.717) is 18.3 Å². The fraction of sp³-hybridized carbons (Fsp3) is 0.562. The van der Waals surface area contributed by atoms with Crippen LogP contribution >= 0.6 is 0 Å². The van der Waals surface area contributed by atoms with E-state index in [1.54, 1.807) is 7.11 Å². The maximum atomic E-state index is 12.3. The van der Waals surface area contributed by atoms with Gasteiger partial charge < -0.3 is 10.1 Å². The first-order chi connectivity index (χ1) is 9.20. The average Bonchev–Trinajstić information content (AvgIpc) is 2.48. The average molecular weight is 261 g/mol. The maximum absolute atomic E-state index is 12.3. The number of piperidine rings is 1. The largest absolute Gasteiger partial charge is 0.497 e. The Labute approximate surface area is 115 Å². The van der Waals surface area contributed by atoms with Crippen LogP contribution in [0.3, 0.4) is 0 Å². The van der Waals surface area contributed by atoms with Crippen molar-refractivity contribution in [2.24, 2.45) is 11.8 Å². The molecule has 0 aliphatic carbocycles. The van der Waals surface area contributed by atoms with Crippen LogP contribution in [0, 0.1) is 11.8 Å². The number of benzene rings is 1. The summed E-state index contributed by atoms with van der Waals surface area (Å²) in [6.07, 6.45) is 3.08. The van der Waals surface area contributed by atoms with E-state index in [2.05, 4.69) is 12.2 Å². The zero-order valence-corrected chi connectivity index (χ0v) is 11.8. The van der Waals surface area contributed by atoms with Crippen molar-refractivity contribution in [3.8, 4) is 5.75 Å². The van der Waals surface area contributed by atoms with Crippen LogP contribution in [-0.4, -0.2) is 26.0 Å². The van der Waals surface area contributed by atoms with Crippen molar-refractivity contribution in [3.63, 3.8) is 0 Å². The van der Waals surface area contributed by atoms with Crippen molar-refractivity contribution in [3.05, 3.63) is 29.8 Å². The summed E-state index contributed by atoms with van der Waals surface area (Å²) in [5, 5.41) is 3.42. The molecule has 1 N–H and O–H groups in total. The van der Waals surface area contributed by atoms with E-state index in [1.165, 1.54) is 12.8 Å². The van der Waals surface area contributed by atoms with Gasteiger partial charge in [0.05, 0.1) is 7.11 Å². The lowest BCUT2D eigenvalue weighted by Crippen LogP contribution is -2.34. The van der Waals surface area contributed by atoms with Gasteiger partial charge in [-0.1, -0.05) is 19.1 Å². The van der Waals surface area contributed by atoms with E-state index in [1.807, 2.05) is 24.3 Å². The predicted molar refractivity (Wildman–Crippen MR) is 76.7 cm³/mol. The molecule has 1 aromatic carbocycles. The number of Topliss-reactive ketones (excluding diaryl/α,β-unsaturated/α-hetero) is 1. The molecule has 0 amide bonds. The van der Waals surface area contributed by atoms with Crippen molar-refractivity contribution < 1.29 is 9.53 Å². The number of hydrogen-bond acceptors (Lipinski definition) is 3. The lowest BCUT2D eigenvalue weighted by molar-refractivity contribution is 0.0942. The standard InChI is InChI=1S/C16H23NO2/c1-12(14-6-4-8-17-11-14)9-16(18)13-5-3-7-15(10-13)19-2/h3,5,7,10,12,14,17H,4,6,8-9,11H2,1-2H3. The van der Waals surface area contributed by atoms with Crippen LogP contribution in [0.5, 0.6) is 5.75 Å². The van der Waals surface area contributed by atoms with E-state index < -0.39 is 0 Å². The molecule has 1 aromatic rings. The second kappa shape index (κ2) is 6.71. The van der Waals surface area contributed by atoms with E-state index in [9.17, 15) is 4.79 Å². The highest BCUT2D eigenvalue weighted by atomic mass is 16.5. The Balaban J connectivity index is 1.95. The Morgan fingerprint density at radius 2 is 2.37 bits per heavy atom. The zero-order valence-electron chi connectivity index (χ0n) is 11.8. The highest BCUT2D eigenvalue weighted by molar-refractivity contribution is 5.96. The van der Waals surface area contributed by atoms with Crippen LogP contribution in [0.15, 0.2) is 24.3 Å². The van der Waals surface area contributed by atoms with Crippen LogP contribution in [0.4, 0.5) is 0 Å². The number of rotatable bonds is 5. The second-order valence-electron chi connectivity index (χ2n) is 5.44. The number of methoxy groups -OCH3 is 1. The van der Waals surface area contributed by atoms with E-state index >= 15 is 0 Å². The molecular weight excluding hydrogens is 238 g/mol. The summed E-state index contributed by atoms with van der Waals surface area (Å²) in [6.45, 7) is 4.36. The molecule has 1 aliphatic rings. The molecule has 1 saturated heterocycles. The summed E-state index contributed by atoms with van der Waals surface area (Å²) in [6, 6.07) is 7.44. The molecule has 1 heterocycles. The van der Waals surface area contributed by atoms with Gasteiger partial charge in [-0.25, -0.2) is 0 Å². The number of carbonyl (C=O) groups excluding carboxylic acids is 1. The van der Waals surface area contributed by atoms with Gasteiger partial charge in [0.25, 0.3) is 0 Å². The van der Waals surface area contributed by atoms with Crippen molar-refractivity contribution in [2.75, 3.05) is 20.2 Å². The summed E-state index contributed by atoms with van der Waals surface area (Å²) in [7, 11) is 1.62. The first kappa shape index (κ1) is 14.1. The molecular formula is C16H23NO2. The minimum atomic E-state index is 0.219. The molecule has 104 valence electrons. The minimum Gasteiger partial charge on any atom is -0.497 e. The van der Waals surface area contributed by atoms with Gasteiger partial charge in [0.1, 0.15) is 5.75 Å². The summed E-state index contributed by atoms with van der Waals surface area (Å²) in [5.41, 5.74) is 0.759. The van der Waals surface area contributed by atoms with E-state index in [4.69, 9.17) is 4.74 Å². The normalized spacial score (nSPS) is 20.8. The number of ether oxygens (including phenoxy) is 1. The van der Waals surface area contributed by atoms with Gasteiger partial charge in [-0.05, 0) is 49.9 Å². The Bertz CT molecular complexity index is 425. The molecule has 2 rings (SSSR count). The molecule has 1 aliphatic heterocycles. The molecule has 0 radical (unpaired) electrons. The molecule has 2 atom stereocenters. The zero-order chi connectivity index (χ0) is 13.7. The number of carbonyl (C=O) groups is 1. The second-order valence-corrected chi connectivity index (χ2v) is 5.44. The highest BCUT2D eigenvalue weighted by Crippen LogP contribution is 2.24. The topological polar surface area (TPSA) is 38.3 Å². The van der Waals surface area contributed by atoms with Crippen molar-refractivity contribution in [1.82, 2.24) is 5.32 Å². The summed E-state index contributed by atoms with van der Waals surface area (Å²) < 4.78 is 5.16. The quantitative estimate of drug-likeness (QED) is 0.828. The van der Waals surface area contributed by atoms with Gasteiger partial charge >= 0.3 is 0 Å². The fourth-order valence-corrected chi connectivity index (χ4v) is 2.74. The molecule has 2 unspecified atom stereocenters. The maximum Gasteiger partial charge on any atom is 0.163 e. The van der Waals surface area contributed by atoms with Crippen LogP contribution in [0.25, 0.3) is 0 Å². The summed E-state index contributed by atoms with van der Waals surface area (Å²) >= 11 is 0. The van der Waals surface area contributed by atoms with E-state index in [-0.39, 0.29) is 5.78 Å². The molecule has 0 saturated carbocycles. The molecule has 0 bridgehead atoms. The minimum absolute atomic E-state index is 0.219. The molecule has 1 fully saturated rings. The Morgan fingerprint density at radius 3 is 3.05 bits per heavy atom. The van der Waals surface area contributed by atoms with Gasteiger partial charge in [-0.2, -0.15) is 0 Å². The molecule has 0 aromatic heterocycles. The lowest BCUT2D eigenvalue weighted by atomic mass is 9.83. The van der Waals surface area contributed by atoms with E-state index in [0.717, 1.165) is 24.4 Å². The molecule has 19 heavy (non-hydrogen) atoms. The fourth-order valence-electron chi connectivity index (χ4n) is 2.74. The van der Waals surface area contributed by atoms with Gasteiger partial charge in [0.2, 0.25) is 0 Å². The van der Waals surface area contributed by atoms with Crippen LogP contribution in [-0.2, 0) is 0 Å². The smallest absolute Gasteiger partial charge is 0.163 e. The van der Waals surface area contributed by atoms with Crippen molar-refractivity contribution >= 4 is 5.78 Å². The van der Waals surface area contributed by atoms with Gasteiger partial charge in [0, 0.05) is 12.0 Å². The molecule has 3 nitrogen and oxygen atoms in total. The Morgan fingerprint density at radius 1 is 1.53 bits per heavy atom. The highest BCUT2D eigenvalue weighted by Gasteiger charge is 2.22. The number of hydrogen-bond donors (Lipinski definition) is 1. The predicted octanol–water partition coefficient (Wildman–Crippen LogP) is 2.90. The van der Waals surface area contributed by atoms with Gasteiger partial charge in [-0.15, -0.1) is 0 Å². The number of ketones is 1.